The van der Waals surface area contributed by atoms with Gasteiger partial charge in [-0.25, -0.2) is 4.79 Å². The van der Waals surface area contributed by atoms with Gasteiger partial charge < -0.3 is 4.74 Å². The van der Waals surface area contributed by atoms with Gasteiger partial charge in [-0.3, -0.25) is 4.79 Å². The number of ether oxygens (including phenoxy) is 1. The molecule has 2 rings (SSSR count). The standard InChI is InChI=1S/C15H17ClO3/c1-9-6-5-7-10-11(9)8-15(16,12(10)17)13(18)19-14(2,3)4/h5-7H,8H2,1-4H3/t15-/m1/s1. The van der Waals surface area contributed by atoms with Crippen LogP contribution in [0.3, 0.4) is 0 Å². The van der Waals surface area contributed by atoms with E-state index < -0.39 is 16.4 Å². The largest absolute Gasteiger partial charge is 0.458 e. The third kappa shape index (κ3) is 2.39. The number of ketones is 1. The number of rotatable bonds is 1. The molecular formula is C15H17ClO3. The maximum atomic E-state index is 12.4. The van der Waals surface area contributed by atoms with Crippen molar-refractivity contribution in [3.05, 3.63) is 34.9 Å². The third-order valence-corrected chi connectivity index (χ3v) is 3.62. The summed E-state index contributed by atoms with van der Waals surface area (Å²) in [6.07, 6.45) is 0.199. The highest BCUT2D eigenvalue weighted by atomic mass is 35.5. The van der Waals surface area contributed by atoms with Gasteiger partial charge in [-0.1, -0.05) is 29.8 Å². The van der Waals surface area contributed by atoms with E-state index in [-0.39, 0.29) is 12.2 Å². The van der Waals surface area contributed by atoms with E-state index in [1.807, 2.05) is 13.0 Å². The molecule has 4 heteroatoms. The van der Waals surface area contributed by atoms with E-state index in [1.165, 1.54) is 0 Å². The minimum Gasteiger partial charge on any atom is -0.458 e. The van der Waals surface area contributed by atoms with Crippen LogP contribution in [0.5, 0.6) is 0 Å². The van der Waals surface area contributed by atoms with Crippen molar-refractivity contribution in [3.8, 4) is 0 Å². The summed E-state index contributed by atoms with van der Waals surface area (Å²) in [5.74, 6) is -1.02. The predicted molar refractivity (Wildman–Crippen MR) is 73.6 cm³/mol. The molecule has 0 saturated carbocycles. The fourth-order valence-corrected chi connectivity index (χ4v) is 2.48. The Kier molecular flexibility index (Phi) is 3.21. The van der Waals surface area contributed by atoms with E-state index in [4.69, 9.17) is 16.3 Å². The van der Waals surface area contributed by atoms with Crippen LogP contribution in [0.15, 0.2) is 18.2 Å². The molecule has 1 aromatic rings. The molecule has 3 nitrogen and oxygen atoms in total. The van der Waals surface area contributed by atoms with E-state index in [0.29, 0.717) is 5.56 Å². The molecular weight excluding hydrogens is 264 g/mol. The van der Waals surface area contributed by atoms with Gasteiger partial charge in [-0.2, -0.15) is 0 Å². The van der Waals surface area contributed by atoms with E-state index >= 15 is 0 Å². The second-order valence-corrected chi connectivity index (χ2v) is 6.56. The number of hydrogen-bond donors (Lipinski definition) is 0. The number of carbonyl (C=O) groups excluding carboxylic acids is 2. The first-order chi connectivity index (χ1) is 8.65. The summed E-state index contributed by atoms with van der Waals surface area (Å²) in [5.41, 5.74) is 1.68. The molecule has 19 heavy (non-hydrogen) atoms. The first-order valence-electron chi connectivity index (χ1n) is 6.21. The van der Waals surface area contributed by atoms with Crippen molar-refractivity contribution in [3.63, 3.8) is 0 Å². The average molecular weight is 281 g/mol. The quantitative estimate of drug-likeness (QED) is 0.451. The molecule has 1 aliphatic carbocycles. The van der Waals surface area contributed by atoms with Crippen molar-refractivity contribution < 1.29 is 14.3 Å². The Morgan fingerprint density at radius 1 is 1.37 bits per heavy atom. The normalized spacial score (nSPS) is 22.3. The zero-order valence-electron chi connectivity index (χ0n) is 11.5. The lowest BCUT2D eigenvalue weighted by molar-refractivity contribution is -0.156. The van der Waals surface area contributed by atoms with Crippen LogP contribution in [-0.2, 0) is 16.0 Å². The number of fused-ring (bicyclic) bond motifs is 1. The Morgan fingerprint density at radius 2 is 2.00 bits per heavy atom. The van der Waals surface area contributed by atoms with Crippen molar-refractivity contribution in [1.82, 2.24) is 0 Å². The van der Waals surface area contributed by atoms with E-state index in [2.05, 4.69) is 0 Å². The molecule has 0 saturated heterocycles. The zero-order chi connectivity index (χ0) is 14.4. The van der Waals surface area contributed by atoms with Crippen LogP contribution >= 0.6 is 11.6 Å². The zero-order valence-corrected chi connectivity index (χ0v) is 12.3. The summed E-state index contributed by atoms with van der Waals surface area (Å²) in [5, 5.41) is 0. The highest BCUT2D eigenvalue weighted by Crippen LogP contribution is 2.38. The van der Waals surface area contributed by atoms with Gasteiger partial charge in [0.1, 0.15) is 5.60 Å². The molecule has 0 amide bonds. The van der Waals surface area contributed by atoms with Crippen LogP contribution < -0.4 is 0 Å². The molecule has 0 spiro atoms. The van der Waals surface area contributed by atoms with Gasteiger partial charge in [-0.15, -0.1) is 0 Å². The number of Topliss-reactive ketones (excluding diaryl/α,β-unsaturated/α-hetero) is 1. The Hall–Kier alpha value is -1.35. The monoisotopic (exact) mass is 280 g/mol. The van der Waals surface area contributed by atoms with E-state index in [1.54, 1.807) is 32.9 Å². The number of hydrogen-bond acceptors (Lipinski definition) is 3. The van der Waals surface area contributed by atoms with Crippen LogP contribution in [0.25, 0.3) is 0 Å². The third-order valence-electron chi connectivity index (χ3n) is 3.16. The van der Waals surface area contributed by atoms with Crippen LogP contribution in [-0.4, -0.2) is 22.2 Å². The molecule has 1 atom stereocenters. The number of halogens is 1. The Morgan fingerprint density at radius 3 is 2.53 bits per heavy atom. The fraction of sp³-hybridized carbons (Fsp3) is 0.467. The van der Waals surface area contributed by atoms with Crippen molar-refractivity contribution in [1.29, 1.82) is 0 Å². The Labute approximate surface area is 117 Å². The van der Waals surface area contributed by atoms with Crippen molar-refractivity contribution in [2.75, 3.05) is 0 Å². The summed E-state index contributed by atoms with van der Waals surface area (Å²) in [7, 11) is 0. The van der Waals surface area contributed by atoms with Gasteiger partial charge in [0.2, 0.25) is 4.87 Å². The van der Waals surface area contributed by atoms with E-state index in [0.717, 1.165) is 11.1 Å². The van der Waals surface area contributed by atoms with Gasteiger partial charge in [0.15, 0.2) is 5.78 Å². The van der Waals surface area contributed by atoms with Crippen LogP contribution in [0, 0.1) is 6.92 Å². The maximum Gasteiger partial charge on any atom is 0.336 e. The maximum absolute atomic E-state index is 12.4. The second kappa shape index (κ2) is 4.34. The summed E-state index contributed by atoms with van der Waals surface area (Å²) in [6.45, 7) is 7.17. The minimum absolute atomic E-state index is 0.199. The molecule has 1 aromatic carbocycles. The van der Waals surface area contributed by atoms with Crippen molar-refractivity contribution >= 4 is 23.4 Å². The van der Waals surface area contributed by atoms with E-state index in [9.17, 15) is 9.59 Å². The topological polar surface area (TPSA) is 43.4 Å². The molecule has 0 radical (unpaired) electrons. The molecule has 1 aliphatic rings. The molecule has 0 bridgehead atoms. The highest BCUT2D eigenvalue weighted by molar-refractivity contribution is 6.49. The molecule has 0 aromatic heterocycles. The number of carbonyl (C=O) groups is 2. The summed E-state index contributed by atoms with van der Waals surface area (Å²) >= 11 is 6.29. The van der Waals surface area contributed by atoms with Gasteiger partial charge in [0, 0.05) is 12.0 Å². The molecule has 0 unspecified atom stereocenters. The highest BCUT2D eigenvalue weighted by Gasteiger charge is 2.52. The first-order valence-corrected chi connectivity index (χ1v) is 6.58. The number of esters is 1. The van der Waals surface area contributed by atoms with Crippen LogP contribution in [0.4, 0.5) is 0 Å². The average Bonchev–Trinajstić information content (AvgIpc) is 2.53. The number of alkyl halides is 1. The lowest BCUT2D eigenvalue weighted by Gasteiger charge is -2.25. The Bertz CT molecular complexity index is 557. The van der Waals surface area contributed by atoms with Crippen molar-refractivity contribution in [2.45, 2.75) is 44.6 Å². The lowest BCUT2D eigenvalue weighted by Crippen LogP contribution is -2.43. The molecule has 102 valence electrons. The van der Waals surface area contributed by atoms with Gasteiger partial charge in [0.25, 0.3) is 0 Å². The minimum atomic E-state index is -1.61. The fourth-order valence-electron chi connectivity index (χ4n) is 2.21. The second-order valence-electron chi connectivity index (χ2n) is 5.91. The molecule has 0 aliphatic heterocycles. The molecule has 0 heterocycles. The summed E-state index contributed by atoms with van der Waals surface area (Å²) < 4.78 is 5.27. The predicted octanol–water partition coefficient (Wildman–Crippen LogP) is 3.05. The molecule has 0 fully saturated rings. The SMILES string of the molecule is Cc1cccc2c1C[C@](Cl)(C(=O)OC(C)(C)C)C2=O. The summed E-state index contributed by atoms with van der Waals surface area (Å²) in [4.78, 5) is 23.0. The van der Waals surface area contributed by atoms with Crippen LogP contribution in [0.2, 0.25) is 0 Å². The Balaban J connectivity index is 2.37. The summed E-state index contributed by atoms with van der Waals surface area (Å²) in [6, 6.07) is 5.41. The lowest BCUT2D eigenvalue weighted by atomic mass is 10.0. The van der Waals surface area contributed by atoms with Crippen LogP contribution in [0.1, 0.15) is 42.3 Å². The van der Waals surface area contributed by atoms with Crippen molar-refractivity contribution in [2.24, 2.45) is 0 Å². The number of benzene rings is 1. The first kappa shape index (κ1) is 14.1. The van der Waals surface area contributed by atoms with Gasteiger partial charge in [-0.05, 0) is 38.8 Å². The van der Waals surface area contributed by atoms with Gasteiger partial charge in [0.05, 0.1) is 0 Å². The smallest absolute Gasteiger partial charge is 0.336 e. The number of aryl methyl sites for hydroxylation is 1. The molecule has 0 N–H and O–H groups in total. The van der Waals surface area contributed by atoms with Gasteiger partial charge >= 0.3 is 5.97 Å².